The molecule has 0 fully saturated rings. The second-order valence-corrected chi connectivity index (χ2v) is 6.40. The summed E-state index contributed by atoms with van der Waals surface area (Å²) >= 11 is 0. The van der Waals surface area contributed by atoms with Crippen LogP contribution in [0.25, 0.3) is 17.1 Å². The highest BCUT2D eigenvalue weighted by molar-refractivity contribution is 6.03. The first kappa shape index (κ1) is 18.1. The average Bonchev–Trinajstić information content (AvgIpc) is 3.38. The first-order chi connectivity index (χ1) is 14.0. The molecular formula is C20H18N8O. The van der Waals surface area contributed by atoms with Crippen molar-refractivity contribution in [2.75, 3.05) is 5.32 Å². The third-order valence-corrected chi connectivity index (χ3v) is 4.28. The van der Waals surface area contributed by atoms with E-state index >= 15 is 0 Å². The van der Waals surface area contributed by atoms with Gasteiger partial charge in [-0.2, -0.15) is 10.2 Å². The second kappa shape index (κ2) is 7.39. The van der Waals surface area contributed by atoms with Crippen molar-refractivity contribution in [1.29, 1.82) is 5.41 Å². The summed E-state index contributed by atoms with van der Waals surface area (Å²) in [6.45, 7) is 1.81. The van der Waals surface area contributed by atoms with Crippen LogP contribution in [-0.4, -0.2) is 36.7 Å². The molecule has 0 bridgehead atoms. The van der Waals surface area contributed by atoms with E-state index < -0.39 is 0 Å². The van der Waals surface area contributed by atoms with Gasteiger partial charge >= 0.3 is 0 Å². The largest absolute Gasteiger partial charge is 0.384 e. The summed E-state index contributed by atoms with van der Waals surface area (Å²) < 4.78 is 1.54. The van der Waals surface area contributed by atoms with Gasteiger partial charge in [0, 0.05) is 16.8 Å². The Bertz CT molecular complexity index is 1180. The van der Waals surface area contributed by atoms with Gasteiger partial charge in [-0.3, -0.25) is 15.3 Å². The van der Waals surface area contributed by atoms with Crippen molar-refractivity contribution in [2.24, 2.45) is 5.73 Å². The Morgan fingerprint density at radius 3 is 2.66 bits per heavy atom. The third-order valence-electron chi connectivity index (χ3n) is 4.28. The maximum Gasteiger partial charge on any atom is 0.274 e. The van der Waals surface area contributed by atoms with Crippen LogP contribution in [0.1, 0.15) is 21.7 Å². The third kappa shape index (κ3) is 3.74. The molecule has 1 amide bonds. The molecule has 0 saturated carbocycles. The Labute approximate surface area is 166 Å². The minimum absolute atomic E-state index is 0.0479. The summed E-state index contributed by atoms with van der Waals surface area (Å²) in [6.07, 6.45) is 1.51. The molecule has 4 aromatic rings. The Morgan fingerprint density at radius 1 is 1.17 bits per heavy atom. The summed E-state index contributed by atoms with van der Waals surface area (Å²) in [6, 6.07) is 16.0. The molecule has 0 unspecified atom stereocenters. The number of carbonyl (C=O) groups is 1. The zero-order valence-corrected chi connectivity index (χ0v) is 15.5. The van der Waals surface area contributed by atoms with Crippen molar-refractivity contribution in [3.63, 3.8) is 0 Å². The quantitative estimate of drug-likeness (QED) is 0.308. The number of amidine groups is 1. The molecule has 0 atom stereocenters. The first-order valence-corrected chi connectivity index (χ1v) is 8.80. The molecule has 0 radical (unpaired) electrons. The number of hydrogen-bond acceptors (Lipinski definition) is 5. The van der Waals surface area contributed by atoms with Gasteiger partial charge in [0.05, 0.1) is 11.4 Å². The van der Waals surface area contributed by atoms with Crippen molar-refractivity contribution in [3.05, 3.63) is 77.9 Å². The van der Waals surface area contributed by atoms with Gasteiger partial charge in [0.15, 0.2) is 5.82 Å². The first-order valence-electron chi connectivity index (χ1n) is 8.80. The molecule has 0 aliphatic rings. The van der Waals surface area contributed by atoms with Crippen LogP contribution in [0.3, 0.4) is 0 Å². The van der Waals surface area contributed by atoms with Crippen LogP contribution in [-0.2, 0) is 0 Å². The lowest BCUT2D eigenvalue weighted by atomic mass is 10.2. The molecular weight excluding hydrogens is 368 g/mol. The Balaban J connectivity index is 1.60. The van der Waals surface area contributed by atoms with Crippen LogP contribution in [0.5, 0.6) is 0 Å². The number of nitrogen functional groups attached to an aromatic ring is 1. The van der Waals surface area contributed by atoms with E-state index in [2.05, 4.69) is 25.6 Å². The predicted molar refractivity (Wildman–Crippen MR) is 109 cm³/mol. The zero-order chi connectivity index (χ0) is 20.4. The molecule has 9 nitrogen and oxygen atoms in total. The van der Waals surface area contributed by atoms with Crippen LogP contribution < -0.4 is 11.1 Å². The number of nitrogens with zero attached hydrogens (tertiary/aromatic N) is 4. The van der Waals surface area contributed by atoms with E-state index in [1.807, 2.05) is 19.1 Å². The van der Waals surface area contributed by atoms with E-state index in [0.717, 1.165) is 5.56 Å². The van der Waals surface area contributed by atoms with Gasteiger partial charge in [-0.05, 0) is 49.4 Å². The van der Waals surface area contributed by atoms with Gasteiger partial charge in [0.1, 0.15) is 17.9 Å². The number of aromatic nitrogens is 5. The summed E-state index contributed by atoms with van der Waals surface area (Å²) in [7, 11) is 0. The molecule has 29 heavy (non-hydrogen) atoms. The zero-order valence-electron chi connectivity index (χ0n) is 15.5. The molecule has 9 heteroatoms. The highest BCUT2D eigenvalue weighted by Gasteiger charge is 2.16. The van der Waals surface area contributed by atoms with E-state index in [0.29, 0.717) is 34.2 Å². The van der Waals surface area contributed by atoms with Gasteiger partial charge in [0.25, 0.3) is 5.91 Å². The van der Waals surface area contributed by atoms with Crippen LogP contribution in [0.4, 0.5) is 5.69 Å². The van der Waals surface area contributed by atoms with Gasteiger partial charge in [-0.1, -0.05) is 12.1 Å². The number of amides is 1. The number of aromatic amines is 1. The van der Waals surface area contributed by atoms with E-state index in [-0.39, 0.29) is 11.7 Å². The van der Waals surface area contributed by atoms with E-state index in [1.54, 1.807) is 47.1 Å². The van der Waals surface area contributed by atoms with Crippen molar-refractivity contribution in [2.45, 2.75) is 6.92 Å². The fourth-order valence-electron chi connectivity index (χ4n) is 2.91. The minimum atomic E-state index is -0.301. The fourth-order valence-corrected chi connectivity index (χ4v) is 2.91. The lowest BCUT2D eigenvalue weighted by Gasteiger charge is -2.10. The number of nitrogens with one attached hydrogen (secondary N) is 3. The van der Waals surface area contributed by atoms with E-state index in [9.17, 15) is 4.79 Å². The smallest absolute Gasteiger partial charge is 0.274 e. The SMILES string of the molecule is Cc1cc(C(=O)Nc2ccc(-c3nc[nH]n3)cc2)n(-c2cccc(C(=N)N)c2)n1. The van der Waals surface area contributed by atoms with E-state index in [4.69, 9.17) is 11.1 Å². The van der Waals surface area contributed by atoms with Gasteiger partial charge < -0.3 is 11.1 Å². The number of aryl methyl sites for hydroxylation is 1. The normalized spacial score (nSPS) is 10.7. The highest BCUT2D eigenvalue weighted by atomic mass is 16.2. The van der Waals surface area contributed by atoms with Crippen LogP contribution in [0, 0.1) is 12.3 Å². The minimum Gasteiger partial charge on any atom is -0.384 e. The highest BCUT2D eigenvalue weighted by Crippen LogP contribution is 2.19. The molecule has 0 spiro atoms. The second-order valence-electron chi connectivity index (χ2n) is 6.40. The lowest BCUT2D eigenvalue weighted by molar-refractivity contribution is 0.101. The lowest BCUT2D eigenvalue weighted by Crippen LogP contribution is -2.17. The van der Waals surface area contributed by atoms with Crippen LogP contribution >= 0.6 is 0 Å². The molecule has 0 aliphatic carbocycles. The fraction of sp³-hybridized carbons (Fsp3) is 0.0500. The number of nitrogens with two attached hydrogens (primary N) is 1. The van der Waals surface area contributed by atoms with Gasteiger partial charge in [-0.15, -0.1) is 0 Å². The van der Waals surface area contributed by atoms with Crippen LogP contribution in [0.15, 0.2) is 60.9 Å². The summed E-state index contributed by atoms with van der Waals surface area (Å²) in [5.74, 6) is 0.236. The standard InChI is InChI=1S/C20H18N8O/c1-12-9-17(28(27-12)16-4-2-3-14(10-16)18(21)22)20(29)25-15-7-5-13(6-8-15)19-23-11-24-26-19/h2-11H,1H3,(H3,21,22)(H,25,29)(H,23,24,26). The summed E-state index contributed by atoms with van der Waals surface area (Å²) in [4.78, 5) is 17.0. The molecule has 4 rings (SSSR count). The van der Waals surface area contributed by atoms with Crippen molar-refractivity contribution in [3.8, 4) is 17.1 Å². The molecule has 0 aliphatic heterocycles. The molecule has 0 saturated heterocycles. The maximum atomic E-state index is 12.9. The molecule has 2 heterocycles. The molecule has 5 N–H and O–H groups in total. The van der Waals surface area contributed by atoms with Crippen LogP contribution in [0.2, 0.25) is 0 Å². The van der Waals surface area contributed by atoms with Crippen molar-refractivity contribution < 1.29 is 4.79 Å². The Morgan fingerprint density at radius 2 is 1.97 bits per heavy atom. The number of H-pyrrole nitrogens is 1. The monoisotopic (exact) mass is 386 g/mol. The topological polar surface area (TPSA) is 138 Å². The average molecular weight is 386 g/mol. The summed E-state index contributed by atoms with van der Waals surface area (Å²) in [5.41, 5.74) is 9.33. The van der Waals surface area contributed by atoms with Gasteiger partial charge in [-0.25, -0.2) is 9.67 Å². The number of rotatable bonds is 5. The predicted octanol–water partition coefficient (Wildman–Crippen LogP) is 2.50. The number of hydrogen-bond donors (Lipinski definition) is 4. The molecule has 2 aromatic carbocycles. The number of carbonyl (C=O) groups excluding carboxylic acids is 1. The Kier molecular flexibility index (Phi) is 4.62. The number of anilines is 1. The van der Waals surface area contributed by atoms with Crippen molar-refractivity contribution in [1.82, 2.24) is 25.0 Å². The van der Waals surface area contributed by atoms with Crippen molar-refractivity contribution >= 4 is 17.4 Å². The maximum absolute atomic E-state index is 12.9. The van der Waals surface area contributed by atoms with E-state index in [1.165, 1.54) is 6.33 Å². The molecule has 2 aromatic heterocycles. The summed E-state index contributed by atoms with van der Waals surface area (Å²) in [5, 5.41) is 21.6. The Hall–Kier alpha value is -4.27. The van der Waals surface area contributed by atoms with Gasteiger partial charge in [0.2, 0.25) is 0 Å². The number of benzene rings is 2. The molecule has 144 valence electrons.